The van der Waals surface area contributed by atoms with Crippen LogP contribution in [0, 0.1) is 6.92 Å². The number of nitrogens with zero attached hydrogens (tertiary/aromatic N) is 2. The maximum Gasteiger partial charge on any atom is 0.274 e. The molecule has 0 fully saturated rings. The smallest absolute Gasteiger partial charge is 0.274 e. The number of nitrogens with one attached hydrogen (secondary N) is 2. The van der Waals surface area contributed by atoms with Crippen molar-refractivity contribution in [3.8, 4) is 0 Å². The fourth-order valence-corrected chi connectivity index (χ4v) is 2.05. The van der Waals surface area contributed by atoms with Crippen LogP contribution in [0.1, 0.15) is 30.2 Å². The van der Waals surface area contributed by atoms with Gasteiger partial charge in [-0.3, -0.25) is 4.79 Å². The van der Waals surface area contributed by atoms with Gasteiger partial charge in [0.25, 0.3) is 5.91 Å². The molecule has 5 nitrogen and oxygen atoms in total. The predicted octanol–water partition coefficient (Wildman–Crippen LogP) is 3.62. The molecule has 2 rings (SSSR count). The number of carbonyl (C=O) groups excluding carboxylic acids is 1. The zero-order valence-electron chi connectivity index (χ0n) is 12.1. The Hall–Kier alpha value is -1.95. The van der Waals surface area contributed by atoms with E-state index in [4.69, 9.17) is 0 Å². The minimum atomic E-state index is -0.255. The lowest BCUT2D eigenvalue weighted by molar-refractivity contribution is 0.102. The summed E-state index contributed by atoms with van der Waals surface area (Å²) in [6.07, 6.45) is 0. The van der Waals surface area contributed by atoms with Gasteiger partial charge in [-0.05, 0) is 45.0 Å². The maximum atomic E-state index is 12.2. The first-order valence-electron chi connectivity index (χ1n) is 6.63. The van der Waals surface area contributed by atoms with E-state index in [0.29, 0.717) is 17.3 Å². The van der Waals surface area contributed by atoms with E-state index in [1.807, 2.05) is 38.1 Å². The summed E-state index contributed by atoms with van der Waals surface area (Å²) >= 11 is 3.36. The standard InChI is InChI=1S/C15H17BrN4O/c1-9(2)17-14-8-13(18-10(3)19-14)15(21)20-12-6-4-11(16)5-7-12/h4-9H,1-3H3,(H,20,21)(H,17,18,19). The first kappa shape index (κ1) is 15.4. The van der Waals surface area contributed by atoms with Crippen LogP contribution < -0.4 is 10.6 Å². The SMILES string of the molecule is Cc1nc(NC(C)C)cc(C(=O)Nc2ccc(Br)cc2)n1. The molecule has 0 aliphatic heterocycles. The molecule has 0 bridgehead atoms. The normalized spacial score (nSPS) is 10.5. The second kappa shape index (κ2) is 6.67. The Morgan fingerprint density at radius 1 is 1.19 bits per heavy atom. The summed E-state index contributed by atoms with van der Waals surface area (Å²) in [6, 6.07) is 9.27. The molecule has 0 unspecified atom stereocenters. The van der Waals surface area contributed by atoms with E-state index in [-0.39, 0.29) is 11.9 Å². The Morgan fingerprint density at radius 2 is 1.86 bits per heavy atom. The van der Waals surface area contributed by atoms with E-state index in [9.17, 15) is 4.79 Å². The Bertz CT molecular complexity index is 641. The van der Waals surface area contributed by atoms with Gasteiger partial charge in [0.1, 0.15) is 17.3 Å². The minimum absolute atomic E-state index is 0.238. The van der Waals surface area contributed by atoms with Gasteiger partial charge < -0.3 is 10.6 Å². The molecule has 0 saturated carbocycles. The van der Waals surface area contributed by atoms with E-state index in [0.717, 1.165) is 10.2 Å². The predicted molar refractivity (Wildman–Crippen MR) is 87.6 cm³/mol. The van der Waals surface area contributed by atoms with Crippen molar-refractivity contribution in [2.75, 3.05) is 10.6 Å². The van der Waals surface area contributed by atoms with Crippen LogP contribution >= 0.6 is 15.9 Å². The summed E-state index contributed by atoms with van der Waals surface area (Å²) in [5.41, 5.74) is 1.06. The Kier molecular flexibility index (Phi) is 4.90. The van der Waals surface area contributed by atoms with Crippen LogP contribution in [0.15, 0.2) is 34.8 Å². The molecular formula is C15H17BrN4O. The Balaban J connectivity index is 2.18. The zero-order chi connectivity index (χ0) is 15.4. The van der Waals surface area contributed by atoms with Gasteiger partial charge in [-0.1, -0.05) is 15.9 Å². The molecule has 0 aliphatic carbocycles. The van der Waals surface area contributed by atoms with Gasteiger partial charge in [-0.25, -0.2) is 9.97 Å². The van der Waals surface area contributed by atoms with Crippen molar-refractivity contribution in [2.24, 2.45) is 0 Å². The van der Waals surface area contributed by atoms with Crippen LogP contribution in [0.5, 0.6) is 0 Å². The summed E-state index contributed by atoms with van der Waals surface area (Å²) in [5, 5.41) is 5.99. The van der Waals surface area contributed by atoms with Crippen molar-refractivity contribution in [2.45, 2.75) is 26.8 Å². The first-order valence-corrected chi connectivity index (χ1v) is 7.42. The molecule has 1 aromatic carbocycles. The molecule has 110 valence electrons. The van der Waals surface area contributed by atoms with Crippen molar-refractivity contribution in [1.29, 1.82) is 0 Å². The summed E-state index contributed by atoms with van der Waals surface area (Å²) in [6.45, 7) is 5.79. The van der Waals surface area contributed by atoms with Gasteiger partial charge in [0, 0.05) is 22.3 Å². The molecule has 0 atom stereocenters. The number of benzene rings is 1. The van der Waals surface area contributed by atoms with Gasteiger partial charge in [0.15, 0.2) is 0 Å². The highest BCUT2D eigenvalue weighted by Crippen LogP contribution is 2.15. The molecule has 0 radical (unpaired) electrons. The van der Waals surface area contributed by atoms with E-state index >= 15 is 0 Å². The van der Waals surface area contributed by atoms with Crippen LogP contribution in [0.2, 0.25) is 0 Å². The number of aryl methyl sites for hydroxylation is 1. The number of halogens is 1. The molecule has 2 aromatic rings. The van der Waals surface area contributed by atoms with Crippen molar-refractivity contribution in [1.82, 2.24) is 9.97 Å². The first-order chi connectivity index (χ1) is 9.94. The largest absolute Gasteiger partial charge is 0.368 e. The highest BCUT2D eigenvalue weighted by Gasteiger charge is 2.11. The van der Waals surface area contributed by atoms with Gasteiger partial charge in [0.2, 0.25) is 0 Å². The van der Waals surface area contributed by atoms with Gasteiger partial charge in [-0.2, -0.15) is 0 Å². The molecule has 0 saturated heterocycles. The maximum absolute atomic E-state index is 12.2. The lowest BCUT2D eigenvalue weighted by Crippen LogP contribution is -2.17. The van der Waals surface area contributed by atoms with Crippen LogP contribution in [0.3, 0.4) is 0 Å². The van der Waals surface area contributed by atoms with Gasteiger partial charge in [-0.15, -0.1) is 0 Å². The fourth-order valence-electron chi connectivity index (χ4n) is 1.78. The summed E-state index contributed by atoms with van der Waals surface area (Å²) < 4.78 is 0.960. The lowest BCUT2D eigenvalue weighted by atomic mass is 10.3. The number of amides is 1. The fraction of sp³-hybridized carbons (Fsp3) is 0.267. The average Bonchev–Trinajstić information content (AvgIpc) is 2.40. The van der Waals surface area contributed by atoms with Crippen LogP contribution in [-0.2, 0) is 0 Å². The molecule has 2 N–H and O–H groups in total. The minimum Gasteiger partial charge on any atom is -0.368 e. The van der Waals surface area contributed by atoms with Crippen molar-refractivity contribution < 1.29 is 4.79 Å². The number of anilines is 2. The van der Waals surface area contributed by atoms with Crippen LogP contribution in [0.4, 0.5) is 11.5 Å². The Labute approximate surface area is 132 Å². The number of rotatable bonds is 4. The van der Waals surface area contributed by atoms with E-state index in [2.05, 4.69) is 36.5 Å². The van der Waals surface area contributed by atoms with Gasteiger partial charge >= 0.3 is 0 Å². The summed E-state index contributed by atoms with van der Waals surface area (Å²) in [4.78, 5) is 20.7. The average molecular weight is 349 g/mol. The van der Waals surface area contributed by atoms with E-state index < -0.39 is 0 Å². The van der Waals surface area contributed by atoms with E-state index in [1.165, 1.54) is 0 Å². The zero-order valence-corrected chi connectivity index (χ0v) is 13.7. The third kappa shape index (κ3) is 4.53. The highest BCUT2D eigenvalue weighted by atomic mass is 79.9. The van der Waals surface area contributed by atoms with Crippen LogP contribution in [-0.4, -0.2) is 21.9 Å². The molecule has 6 heteroatoms. The molecule has 0 aliphatic rings. The third-order valence-corrected chi connectivity index (χ3v) is 3.14. The van der Waals surface area contributed by atoms with Crippen molar-refractivity contribution in [3.05, 3.63) is 46.3 Å². The highest BCUT2D eigenvalue weighted by molar-refractivity contribution is 9.10. The molecule has 21 heavy (non-hydrogen) atoms. The molecule has 1 aromatic heterocycles. The van der Waals surface area contributed by atoms with E-state index in [1.54, 1.807) is 13.0 Å². The number of carbonyl (C=O) groups is 1. The second-order valence-corrected chi connectivity index (χ2v) is 5.86. The molecular weight excluding hydrogens is 332 g/mol. The van der Waals surface area contributed by atoms with Gasteiger partial charge in [0.05, 0.1) is 0 Å². The summed E-state index contributed by atoms with van der Waals surface area (Å²) in [5.74, 6) is 0.953. The van der Waals surface area contributed by atoms with Crippen molar-refractivity contribution in [3.63, 3.8) is 0 Å². The third-order valence-electron chi connectivity index (χ3n) is 2.61. The number of hydrogen-bond donors (Lipinski definition) is 2. The molecule has 1 heterocycles. The topological polar surface area (TPSA) is 66.9 Å². The number of hydrogen-bond acceptors (Lipinski definition) is 4. The summed E-state index contributed by atoms with van der Waals surface area (Å²) in [7, 11) is 0. The Morgan fingerprint density at radius 3 is 2.48 bits per heavy atom. The molecule has 0 spiro atoms. The van der Waals surface area contributed by atoms with Crippen molar-refractivity contribution >= 4 is 33.3 Å². The van der Waals surface area contributed by atoms with Crippen LogP contribution in [0.25, 0.3) is 0 Å². The molecule has 1 amide bonds. The second-order valence-electron chi connectivity index (χ2n) is 4.95. The quantitative estimate of drug-likeness (QED) is 0.885. The lowest BCUT2D eigenvalue weighted by Gasteiger charge is -2.11. The number of aromatic nitrogens is 2. The monoisotopic (exact) mass is 348 g/mol.